The van der Waals surface area contributed by atoms with Crippen LogP contribution in [0.3, 0.4) is 0 Å². The summed E-state index contributed by atoms with van der Waals surface area (Å²) in [6.07, 6.45) is 4.78. The highest BCUT2D eigenvalue weighted by molar-refractivity contribution is 7.99. The molecule has 0 radical (unpaired) electrons. The largest absolute Gasteiger partial charge is 0.494 e. The Morgan fingerprint density at radius 3 is 2.59 bits per heavy atom. The zero-order valence-electron chi connectivity index (χ0n) is 16.1. The van der Waals surface area contributed by atoms with Crippen molar-refractivity contribution in [1.29, 1.82) is 0 Å². The van der Waals surface area contributed by atoms with Crippen LogP contribution in [0.25, 0.3) is 10.6 Å². The van der Waals surface area contributed by atoms with Gasteiger partial charge in [-0.1, -0.05) is 12.8 Å². The number of amides is 1. The van der Waals surface area contributed by atoms with Gasteiger partial charge in [0.15, 0.2) is 0 Å². The maximum atomic E-state index is 12.7. The number of hydrogen-bond acceptors (Lipinski definition) is 5. The molecule has 0 aliphatic carbocycles. The van der Waals surface area contributed by atoms with Crippen molar-refractivity contribution in [2.75, 3.05) is 19.7 Å². The number of nitrogens with zero attached hydrogens (tertiary/aromatic N) is 2. The monoisotopic (exact) mass is 404 g/mol. The summed E-state index contributed by atoms with van der Waals surface area (Å²) in [6, 6.07) is 8.06. The number of thioether (sulfide) groups is 1. The lowest BCUT2D eigenvalue weighted by Crippen LogP contribution is -2.37. The lowest BCUT2D eigenvalue weighted by atomic mass is 10.2. The highest BCUT2D eigenvalue weighted by Crippen LogP contribution is 2.28. The van der Waals surface area contributed by atoms with Crippen LogP contribution >= 0.6 is 23.1 Å². The molecule has 0 bridgehead atoms. The van der Waals surface area contributed by atoms with Crippen LogP contribution in [-0.4, -0.2) is 40.7 Å². The van der Waals surface area contributed by atoms with Gasteiger partial charge in [0.25, 0.3) is 0 Å². The van der Waals surface area contributed by atoms with Crippen molar-refractivity contribution in [2.45, 2.75) is 50.5 Å². The van der Waals surface area contributed by atoms with Crippen molar-refractivity contribution in [3.05, 3.63) is 35.3 Å². The molecular formula is C21H28N2O2S2. The van der Waals surface area contributed by atoms with Gasteiger partial charge in [-0.05, 0) is 51.0 Å². The highest BCUT2D eigenvalue weighted by Gasteiger charge is 2.22. The molecule has 1 unspecified atom stereocenters. The zero-order chi connectivity index (χ0) is 19.1. The number of carbonyl (C=O) groups excluding carboxylic acids is 1. The molecule has 2 heterocycles. The van der Waals surface area contributed by atoms with Gasteiger partial charge in [0.1, 0.15) is 10.8 Å². The fourth-order valence-corrected chi connectivity index (χ4v) is 4.99. The lowest BCUT2D eigenvalue weighted by Gasteiger charge is -2.23. The molecule has 4 nitrogen and oxygen atoms in total. The topological polar surface area (TPSA) is 42.4 Å². The molecule has 1 aromatic carbocycles. The van der Waals surface area contributed by atoms with E-state index in [9.17, 15) is 4.79 Å². The maximum absolute atomic E-state index is 12.7. The van der Waals surface area contributed by atoms with E-state index in [2.05, 4.69) is 10.3 Å². The number of ether oxygens (including phenoxy) is 1. The summed E-state index contributed by atoms with van der Waals surface area (Å²) < 4.78 is 5.49. The van der Waals surface area contributed by atoms with E-state index in [1.165, 1.54) is 12.8 Å². The van der Waals surface area contributed by atoms with Gasteiger partial charge in [-0.25, -0.2) is 4.98 Å². The van der Waals surface area contributed by atoms with Gasteiger partial charge in [0.05, 0.1) is 17.6 Å². The second-order valence-corrected chi connectivity index (χ2v) is 8.98. The minimum atomic E-state index is -0.0151. The van der Waals surface area contributed by atoms with Crippen molar-refractivity contribution in [2.24, 2.45) is 0 Å². The normalized spacial score (nSPS) is 16.0. The number of likely N-dealkylation sites (tertiary alicyclic amines) is 1. The van der Waals surface area contributed by atoms with Gasteiger partial charge < -0.3 is 9.64 Å². The van der Waals surface area contributed by atoms with E-state index in [-0.39, 0.29) is 11.2 Å². The summed E-state index contributed by atoms with van der Waals surface area (Å²) in [7, 11) is 0. The van der Waals surface area contributed by atoms with Gasteiger partial charge in [-0.2, -0.15) is 0 Å². The summed E-state index contributed by atoms with van der Waals surface area (Å²) in [5.41, 5.74) is 2.15. The number of benzene rings is 1. The molecule has 6 heteroatoms. The Balaban J connectivity index is 1.53. The molecule has 1 atom stereocenters. The quantitative estimate of drug-likeness (QED) is 0.633. The summed E-state index contributed by atoms with van der Waals surface area (Å²) in [5, 5.41) is 3.10. The molecular weight excluding hydrogens is 376 g/mol. The predicted molar refractivity (Wildman–Crippen MR) is 115 cm³/mol. The summed E-state index contributed by atoms with van der Waals surface area (Å²) >= 11 is 3.34. The first-order valence-electron chi connectivity index (χ1n) is 9.75. The van der Waals surface area contributed by atoms with Crippen molar-refractivity contribution in [3.63, 3.8) is 0 Å². The van der Waals surface area contributed by atoms with Gasteiger partial charge in [0.2, 0.25) is 5.91 Å². The molecule has 1 aromatic heterocycles. The zero-order valence-corrected chi connectivity index (χ0v) is 17.8. The number of hydrogen-bond donors (Lipinski definition) is 0. The first kappa shape index (κ1) is 20.2. The van der Waals surface area contributed by atoms with Crippen molar-refractivity contribution < 1.29 is 9.53 Å². The molecule has 27 heavy (non-hydrogen) atoms. The van der Waals surface area contributed by atoms with Gasteiger partial charge in [-0.3, -0.25) is 4.79 Å². The molecule has 0 N–H and O–H groups in total. The molecule has 1 amide bonds. The van der Waals surface area contributed by atoms with E-state index in [1.54, 1.807) is 23.1 Å². The summed E-state index contributed by atoms with van der Waals surface area (Å²) in [4.78, 5) is 19.5. The van der Waals surface area contributed by atoms with Crippen LogP contribution in [0.1, 0.15) is 45.2 Å². The van der Waals surface area contributed by atoms with E-state index in [0.717, 1.165) is 53.7 Å². The number of thiazole rings is 1. The van der Waals surface area contributed by atoms with Gasteiger partial charge in [-0.15, -0.1) is 23.1 Å². The third kappa shape index (κ3) is 5.72. The van der Waals surface area contributed by atoms with E-state index in [1.807, 2.05) is 38.1 Å². The van der Waals surface area contributed by atoms with Gasteiger partial charge in [0, 0.05) is 29.8 Å². The Labute approximate surface area is 170 Å². The van der Waals surface area contributed by atoms with Crippen LogP contribution in [0.15, 0.2) is 29.6 Å². The molecule has 1 aliphatic heterocycles. The molecule has 0 spiro atoms. The SMILES string of the molecule is CCOc1ccc(-c2nc(CSC(C)C(=O)N3CCCCCC3)cs2)cc1. The maximum Gasteiger partial charge on any atom is 0.235 e. The minimum Gasteiger partial charge on any atom is -0.494 e. The Morgan fingerprint density at radius 1 is 1.22 bits per heavy atom. The molecule has 146 valence electrons. The smallest absolute Gasteiger partial charge is 0.235 e. The van der Waals surface area contributed by atoms with Crippen molar-refractivity contribution in [3.8, 4) is 16.3 Å². The van der Waals surface area contributed by atoms with Gasteiger partial charge >= 0.3 is 0 Å². The first-order chi connectivity index (χ1) is 13.2. The fourth-order valence-electron chi connectivity index (χ4n) is 3.20. The highest BCUT2D eigenvalue weighted by atomic mass is 32.2. The average molecular weight is 405 g/mol. The van der Waals surface area contributed by atoms with Crippen LogP contribution in [0.2, 0.25) is 0 Å². The summed E-state index contributed by atoms with van der Waals surface area (Å²) in [5.74, 6) is 1.94. The Kier molecular flexibility index (Phi) is 7.59. The van der Waals surface area contributed by atoms with Crippen molar-refractivity contribution in [1.82, 2.24) is 9.88 Å². The minimum absolute atomic E-state index is 0.0151. The third-order valence-corrected chi connectivity index (χ3v) is 6.81. The average Bonchev–Trinajstić information content (AvgIpc) is 2.99. The summed E-state index contributed by atoms with van der Waals surface area (Å²) in [6.45, 7) is 6.52. The fraction of sp³-hybridized carbons (Fsp3) is 0.524. The molecule has 1 aliphatic rings. The Morgan fingerprint density at radius 2 is 1.93 bits per heavy atom. The van der Waals surface area contributed by atoms with Crippen LogP contribution in [0.4, 0.5) is 0 Å². The standard InChI is InChI=1S/C21H28N2O2S2/c1-3-25-19-10-8-17(9-11-19)20-22-18(15-27-20)14-26-16(2)21(24)23-12-6-4-5-7-13-23/h8-11,15-16H,3-7,12-14H2,1-2H3. The molecule has 3 rings (SSSR count). The van der Waals surface area contributed by atoms with Crippen LogP contribution in [-0.2, 0) is 10.5 Å². The molecule has 1 fully saturated rings. The molecule has 2 aromatic rings. The predicted octanol–water partition coefficient (Wildman–Crippen LogP) is 5.23. The van der Waals surface area contributed by atoms with Crippen LogP contribution in [0.5, 0.6) is 5.75 Å². The second-order valence-electron chi connectivity index (χ2n) is 6.79. The van der Waals surface area contributed by atoms with E-state index in [0.29, 0.717) is 6.61 Å². The van der Waals surface area contributed by atoms with Crippen LogP contribution in [0, 0.1) is 0 Å². The van der Waals surface area contributed by atoms with E-state index < -0.39 is 0 Å². The third-order valence-electron chi connectivity index (χ3n) is 4.71. The first-order valence-corrected chi connectivity index (χ1v) is 11.7. The molecule has 1 saturated heterocycles. The Hall–Kier alpha value is -1.53. The second kappa shape index (κ2) is 10.1. The Bertz CT molecular complexity index is 722. The number of rotatable bonds is 7. The van der Waals surface area contributed by atoms with Crippen LogP contribution < -0.4 is 4.74 Å². The number of aromatic nitrogens is 1. The number of carbonyl (C=O) groups is 1. The molecule has 0 saturated carbocycles. The van der Waals surface area contributed by atoms with E-state index >= 15 is 0 Å². The van der Waals surface area contributed by atoms with Crippen molar-refractivity contribution >= 4 is 29.0 Å². The lowest BCUT2D eigenvalue weighted by molar-refractivity contribution is -0.130. The van der Waals surface area contributed by atoms with E-state index in [4.69, 9.17) is 9.72 Å².